The van der Waals surface area contributed by atoms with Gasteiger partial charge in [0, 0.05) is 37.3 Å². The molecule has 0 saturated carbocycles. The normalized spacial score (nSPS) is 14.8. The first kappa shape index (κ1) is 18.4. The van der Waals surface area contributed by atoms with Gasteiger partial charge in [0.15, 0.2) is 5.82 Å². The lowest BCUT2D eigenvalue weighted by molar-refractivity contribution is 0.0767. The number of nitrogens with one attached hydrogen (secondary N) is 1. The quantitative estimate of drug-likeness (QED) is 0.566. The van der Waals surface area contributed by atoms with Crippen LogP contribution in [0.1, 0.15) is 22.6 Å². The highest BCUT2D eigenvalue weighted by Gasteiger charge is 2.22. The van der Waals surface area contributed by atoms with Gasteiger partial charge in [-0.1, -0.05) is 17.3 Å². The van der Waals surface area contributed by atoms with Gasteiger partial charge >= 0.3 is 0 Å². The molecule has 152 valence electrons. The van der Waals surface area contributed by atoms with Gasteiger partial charge in [-0.15, -0.1) is 0 Å². The number of rotatable bonds is 3. The minimum Gasteiger partial charge on any atom is -0.341 e. The molecule has 8 heteroatoms. The molecular formula is C22H22N6O2. The molecule has 1 N–H and O–H groups in total. The number of hydrogen-bond acceptors (Lipinski definition) is 6. The highest BCUT2D eigenvalue weighted by molar-refractivity contribution is 5.94. The Morgan fingerprint density at radius 2 is 1.83 bits per heavy atom. The summed E-state index contributed by atoms with van der Waals surface area (Å²) in [5.41, 5.74) is 3.45. The van der Waals surface area contributed by atoms with E-state index in [1.54, 1.807) is 6.92 Å². The van der Waals surface area contributed by atoms with Crippen molar-refractivity contribution in [3.05, 3.63) is 59.9 Å². The lowest BCUT2D eigenvalue weighted by atomic mass is 10.1. The minimum atomic E-state index is 0.0368. The third-order valence-electron chi connectivity index (χ3n) is 5.37. The van der Waals surface area contributed by atoms with Crippen molar-refractivity contribution < 1.29 is 9.32 Å². The van der Waals surface area contributed by atoms with E-state index in [4.69, 9.17) is 9.51 Å². The molecule has 0 aliphatic carbocycles. The topological polar surface area (TPSA) is 91.2 Å². The maximum Gasteiger partial charge on any atom is 0.257 e. The van der Waals surface area contributed by atoms with Gasteiger partial charge in [-0.05, 0) is 49.7 Å². The summed E-state index contributed by atoms with van der Waals surface area (Å²) in [6.45, 7) is 4.75. The fourth-order valence-electron chi connectivity index (χ4n) is 3.77. The van der Waals surface area contributed by atoms with E-state index in [1.807, 2.05) is 53.4 Å². The lowest BCUT2D eigenvalue weighted by Gasteiger charge is -2.22. The molecule has 0 atom stereocenters. The van der Waals surface area contributed by atoms with Gasteiger partial charge < -0.3 is 19.3 Å². The number of H-pyrrole nitrogens is 1. The van der Waals surface area contributed by atoms with Gasteiger partial charge in [-0.2, -0.15) is 4.98 Å². The van der Waals surface area contributed by atoms with Crippen molar-refractivity contribution >= 4 is 22.9 Å². The third kappa shape index (κ3) is 3.52. The molecule has 3 heterocycles. The molecule has 1 saturated heterocycles. The number of para-hydroxylation sites is 2. The number of amides is 1. The molecule has 2 aromatic heterocycles. The van der Waals surface area contributed by atoms with Crippen LogP contribution in [0.3, 0.4) is 0 Å². The van der Waals surface area contributed by atoms with Crippen molar-refractivity contribution in [2.24, 2.45) is 0 Å². The number of carbonyl (C=O) groups excluding carboxylic acids is 1. The average Bonchev–Trinajstić information content (AvgIpc) is 3.32. The Hall–Kier alpha value is -3.68. The number of hydrogen-bond donors (Lipinski definition) is 1. The monoisotopic (exact) mass is 402 g/mol. The fraction of sp³-hybridized carbons (Fsp3) is 0.273. The second-order valence-corrected chi connectivity index (χ2v) is 7.43. The van der Waals surface area contributed by atoms with Crippen molar-refractivity contribution in [3.8, 4) is 11.5 Å². The number of benzene rings is 2. The Labute approximate surface area is 173 Å². The smallest absolute Gasteiger partial charge is 0.257 e. The molecule has 4 aromatic rings. The molecule has 1 aliphatic heterocycles. The van der Waals surface area contributed by atoms with E-state index in [1.165, 1.54) is 0 Å². The number of aryl methyl sites for hydroxylation is 1. The molecule has 8 nitrogen and oxygen atoms in total. The van der Waals surface area contributed by atoms with E-state index in [2.05, 4.69) is 20.0 Å². The van der Waals surface area contributed by atoms with Crippen molar-refractivity contribution in [2.45, 2.75) is 13.3 Å². The fourth-order valence-corrected chi connectivity index (χ4v) is 3.77. The predicted octanol–water partition coefficient (Wildman–Crippen LogP) is 3.27. The number of imidazole rings is 1. The van der Waals surface area contributed by atoms with Crippen LogP contribution in [0.15, 0.2) is 53.1 Å². The Morgan fingerprint density at radius 1 is 1.00 bits per heavy atom. The molecule has 1 fully saturated rings. The third-order valence-corrected chi connectivity index (χ3v) is 5.37. The molecule has 5 rings (SSSR count). The number of carbonyl (C=O) groups is 1. The molecule has 0 bridgehead atoms. The lowest BCUT2D eigenvalue weighted by Crippen LogP contribution is -2.35. The number of aromatic amines is 1. The Bertz CT molecular complexity index is 1150. The molecular weight excluding hydrogens is 380 g/mol. The van der Waals surface area contributed by atoms with Gasteiger partial charge in [0.05, 0.1) is 11.0 Å². The summed E-state index contributed by atoms with van der Waals surface area (Å²) >= 11 is 0. The van der Waals surface area contributed by atoms with Gasteiger partial charge in [0.1, 0.15) is 0 Å². The molecule has 30 heavy (non-hydrogen) atoms. The van der Waals surface area contributed by atoms with Crippen molar-refractivity contribution in [1.82, 2.24) is 25.0 Å². The Morgan fingerprint density at radius 3 is 2.60 bits per heavy atom. The zero-order valence-corrected chi connectivity index (χ0v) is 16.7. The molecule has 0 spiro atoms. The van der Waals surface area contributed by atoms with Gasteiger partial charge in [0.2, 0.25) is 5.95 Å². The first-order valence-corrected chi connectivity index (χ1v) is 10.1. The zero-order chi connectivity index (χ0) is 20.5. The molecule has 1 amide bonds. The van der Waals surface area contributed by atoms with Crippen LogP contribution >= 0.6 is 0 Å². The Kier molecular flexibility index (Phi) is 4.66. The van der Waals surface area contributed by atoms with Crippen LogP contribution in [0.5, 0.6) is 0 Å². The zero-order valence-electron chi connectivity index (χ0n) is 16.7. The number of anilines is 1. The molecule has 1 aliphatic rings. The van der Waals surface area contributed by atoms with Crippen LogP contribution in [-0.2, 0) is 0 Å². The number of nitrogens with zero attached hydrogens (tertiary/aromatic N) is 5. The predicted molar refractivity (Wildman–Crippen MR) is 113 cm³/mol. The first-order valence-electron chi connectivity index (χ1n) is 10.1. The van der Waals surface area contributed by atoms with E-state index in [-0.39, 0.29) is 5.91 Å². The van der Waals surface area contributed by atoms with Gasteiger partial charge in [-0.25, -0.2) is 4.98 Å². The summed E-state index contributed by atoms with van der Waals surface area (Å²) in [7, 11) is 0. The summed E-state index contributed by atoms with van der Waals surface area (Å²) < 4.78 is 5.19. The van der Waals surface area contributed by atoms with Crippen molar-refractivity contribution in [3.63, 3.8) is 0 Å². The van der Waals surface area contributed by atoms with Crippen LogP contribution in [0.25, 0.3) is 22.5 Å². The Balaban J connectivity index is 1.27. The standard InChI is InChI=1S/C22H22N6O2/c1-15-23-20(30-26-15)16-7-9-17(10-8-16)21(29)27-11-4-12-28(14-13-27)22-24-18-5-2-3-6-19(18)25-22/h2-3,5-10H,4,11-14H2,1H3,(H,24,25). The summed E-state index contributed by atoms with van der Waals surface area (Å²) in [4.78, 5) is 29.4. The summed E-state index contributed by atoms with van der Waals surface area (Å²) in [6.07, 6.45) is 0.891. The van der Waals surface area contributed by atoms with E-state index in [9.17, 15) is 4.79 Å². The van der Waals surface area contributed by atoms with E-state index >= 15 is 0 Å². The highest BCUT2D eigenvalue weighted by Crippen LogP contribution is 2.21. The number of aromatic nitrogens is 4. The first-order chi connectivity index (χ1) is 14.7. The van der Waals surface area contributed by atoms with Gasteiger partial charge in [-0.3, -0.25) is 4.79 Å². The van der Waals surface area contributed by atoms with E-state index in [0.29, 0.717) is 23.8 Å². The van der Waals surface area contributed by atoms with Crippen LogP contribution < -0.4 is 4.90 Å². The van der Waals surface area contributed by atoms with Crippen LogP contribution in [0, 0.1) is 6.92 Å². The van der Waals surface area contributed by atoms with Crippen LogP contribution in [0.2, 0.25) is 0 Å². The van der Waals surface area contributed by atoms with Crippen molar-refractivity contribution in [2.75, 3.05) is 31.1 Å². The second kappa shape index (κ2) is 7.62. The SMILES string of the molecule is Cc1noc(-c2ccc(C(=O)N3CCCN(c4nc5ccccc5[nH]4)CC3)cc2)n1. The van der Waals surface area contributed by atoms with E-state index in [0.717, 1.165) is 48.6 Å². The van der Waals surface area contributed by atoms with Crippen molar-refractivity contribution in [1.29, 1.82) is 0 Å². The molecule has 0 radical (unpaired) electrons. The van der Waals surface area contributed by atoms with Gasteiger partial charge in [0.25, 0.3) is 11.8 Å². The highest BCUT2D eigenvalue weighted by atomic mass is 16.5. The van der Waals surface area contributed by atoms with Crippen LogP contribution in [0.4, 0.5) is 5.95 Å². The maximum absolute atomic E-state index is 13.0. The maximum atomic E-state index is 13.0. The van der Waals surface area contributed by atoms with Crippen LogP contribution in [-0.4, -0.2) is 57.1 Å². The summed E-state index contributed by atoms with van der Waals surface area (Å²) in [5.74, 6) is 1.95. The van der Waals surface area contributed by atoms with E-state index < -0.39 is 0 Å². The summed E-state index contributed by atoms with van der Waals surface area (Å²) in [5, 5.41) is 3.81. The summed E-state index contributed by atoms with van der Waals surface area (Å²) in [6, 6.07) is 15.3. The largest absolute Gasteiger partial charge is 0.341 e. The average molecular weight is 402 g/mol. The molecule has 0 unspecified atom stereocenters. The minimum absolute atomic E-state index is 0.0368. The molecule has 2 aromatic carbocycles. The number of fused-ring (bicyclic) bond motifs is 1. The second-order valence-electron chi connectivity index (χ2n) is 7.43.